The monoisotopic (exact) mass is 258 g/mol. The predicted octanol–water partition coefficient (Wildman–Crippen LogP) is 2.18. The Bertz CT molecular complexity index is 433. The smallest absolute Gasteiger partial charge is 0.223 e. The molecule has 2 fully saturated rings. The molecule has 0 bridgehead atoms. The third-order valence-electron chi connectivity index (χ3n) is 4.62. The van der Waals surface area contributed by atoms with Crippen LogP contribution in [0.15, 0.2) is 30.3 Å². The summed E-state index contributed by atoms with van der Waals surface area (Å²) in [7, 11) is 0. The van der Waals surface area contributed by atoms with E-state index in [1.807, 2.05) is 6.07 Å². The van der Waals surface area contributed by atoms with Gasteiger partial charge in [0, 0.05) is 5.92 Å². The lowest BCUT2D eigenvalue weighted by molar-refractivity contribution is -0.130. The van der Waals surface area contributed by atoms with Crippen LogP contribution in [0.1, 0.15) is 37.7 Å². The molecule has 1 saturated carbocycles. The van der Waals surface area contributed by atoms with Gasteiger partial charge < -0.3 is 10.6 Å². The van der Waals surface area contributed by atoms with Gasteiger partial charge >= 0.3 is 0 Å². The van der Waals surface area contributed by atoms with Crippen molar-refractivity contribution in [3.63, 3.8) is 0 Å². The number of carbonyl (C=O) groups is 1. The zero-order valence-corrected chi connectivity index (χ0v) is 11.3. The third-order valence-corrected chi connectivity index (χ3v) is 4.62. The first-order valence-corrected chi connectivity index (χ1v) is 7.38. The number of piperidine rings is 1. The van der Waals surface area contributed by atoms with Crippen molar-refractivity contribution in [3.8, 4) is 0 Å². The van der Waals surface area contributed by atoms with Gasteiger partial charge in [0.25, 0.3) is 0 Å². The Balaban J connectivity index is 1.82. The predicted molar refractivity (Wildman–Crippen MR) is 75.7 cm³/mol. The lowest BCUT2D eigenvalue weighted by Crippen LogP contribution is -2.54. The van der Waals surface area contributed by atoms with Crippen molar-refractivity contribution in [3.05, 3.63) is 35.9 Å². The molecule has 2 N–H and O–H groups in total. The van der Waals surface area contributed by atoms with Gasteiger partial charge in [-0.3, -0.25) is 4.79 Å². The van der Waals surface area contributed by atoms with Crippen LogP contribution in [0.3, 0.4) is 0 Å². The summed E-state index contributed by atoms with van der Waals surface area (Å²) in [6.07, 6.45) is 5.30. The number of nitrogens with one attached hydrogen (secondary N) is 2. The van der Waals surface area contributed by atoms with Gasteiger partial charge in [0.15, 0.2) is 0 Å². The highest BCUT2D eigenvalue weighted by molar-refractivity contribution is 5.80. The Morgan fingerprint density at radius 3 is 2.42 bits per heavy atom. The molecule has 0 aromatic heterocycles. The molecule has 0 radical (unpaired) electrons. The van der Waals surface area contributed by atoms with Gasteiger partial charge in [-0.1, -0.05) is 36.8 Å². The molecule has 1 saturated heterocycles. The van der Waals surface area contributed by atoms with Crippen molar-refractivity contribution in [2.24, 2.45) is 5.92 Å². The van der Waals surface area contributed by atoms with Gasteiger partial charge in [-0.2, -0.15) is 0 Å². The largest absolute Gasteiger partial charge is 0.346 e. The molecule has 1 aromatic rings. The van der Waals surface area contributed by atoms with Crippen molar-refractivity contribution >= 4 is 5.91 Å². The minimum Gasteiger partial charge on any atom is -0.346 e. The van der Waals surface area contributed by atoms with Crippen molar-refractivity contribution in [1.82, 2.24) is 10.6 Å². The Morgan fingerprint density at radius 2 is 1.84 bits per heavy atom. The Labute approximate surface area is 114 Å². The quantitative estimate of drug-likeness (QED) is 0.872. The van der Waals surface area contributed by atoms with Crippen LogP contribution in [-0.2, 0) is 10.3 Å². The molecule has 0 unspecified atom stereocenters. The summed E-state index contributed by atoms with van der Waals surface area (Å²) in [5, 5.41) is 6.76. The zero-order chi connectivity index (χ0) is 13.1. The molecule has 3 heteroatoms. The Morgan fingerprint density at radius 1 is 1.16 bits per heavy atom. The summed E-state index contributed by atoms with van der Waals surface area (Å²) >= 11 is 0. The van der Waals surface area contributed by atoms with E-state index in [1.165, 1.54) is 12.0 Å². The van der Waals surface area contributed by atoms with Gasteiger partial charge in [-0.25, -0.2) is 0 Å². The molecule has 19 heavy (non-hydrogen) atoms. The molecule has 1 aliphatic heterocycles. The molecule has 0 spiro atoms. The van der Waals surface area contributed by atoms with Gasteiger partial charge in [0.05, 0.1) is 5.54 Å². The Hall–Kier alpha value is -1.35. The molecule has 1 heterocycles. The second-order valence-corrected chi connectivity index (χ2v) is 5.82. The minimum absolute atomic E-state index is 0.154. The first kappa shape index (κ1) is 12.7. The van der Waals surface area contributed by atoms with Crippen LogP contribution in [0, 0.1) is 5.92 Å². The second kappa shape index (κ2) is 5.33. The van der Waals surface area contributed by atoms with Crippen molar-refractivity contribution in [2.75, 3.05) is 13.1 Å². The SMILES string of the molecule is O=C(NC1(c2ccccc2)CCNCC1)C1CCC1. The lowest BCUT2D eigenvalue weighted by atomic mass is 9.79. The summed E-state index contributed by atoms with van der Waals surface area (Å²) in [6.45, 7) is 1.94. The molecular formula is C16H22N2O. The van der Waals surface area contributed by atoms with Gasteiger partial charge in [0.1, 0.15) is 0 Å². The number of hydrogen-bond donors (Lipinski definition) is 2. The maximum atomic E-state index is 12.3. The van der Waals surface area contributed by atoms with E-state index in [9.17, 15) is 4.79 Å². The number of benzene rings is 1. The molecule has 102 valence electrons. The van der Waals surface area contributed by atoms with Gasteiger partial charge in [0.2, 0.25) is 5.91 Å². The van der Waals surface area contributed by atoms with E-state index in [0.29, 0.717) is 0 Å². The van der Waals surface area contributed by atoms with E-state index in [4.69, 9.17) is 0 Å². The zero-order valence-electron chi connectivity index (χ0n) is 11.3. The molecular weight excluding hydrogens is 236 g/mol. The molecule has 2 aliphatic rings. The molecule has 3 rings (SSSR count). The molecule has 1 aromatic carbocycles. The first-order valence-electron chi connectivity index (χ1n) is 7.38. The number of hydrogen-bond acceptors (Lipinski definition) is 2. The third kappa shape index (κ3) is 2.52. The summed E-state index contributed by atoms with van der Waals surface area (Å²) in [6, 6.07) is 10.5. The second-order valence-electron chi connectivity index (χ2n) is 5.82. The summed E-state index contributed by atoms with van der Waals surface area (Å²) in [5.74, 6) is 0.521. The van der Waals surface area contributed by atoms with Crippen molar-refractivity contribution in [2.45, 2.75) is 37.6 Å². The normalized spacial score (nSPS) is 22.5. The summed E-state index contributed by atoms with van der Waals surface area (Å²) in [5.41, 5.74) is 1.10. The van der Waals surface area contributed by atoms with E-state index in [-0.39, 0.29) is 17.4 Å². The van der Waals surface area contributed by atoms with E-state index < -0.39 is 0 Å². The topological polar surface area (TPSA) is 41.1 Å². The van der Waals surface area contributed by atoms with Crippen LogP contribution < -0.4 is 10.6 Å². The summed E-state index contributed by atoms with van der Waals surface area (Å²) in [4.78, 5) is 12.3. The van der Waals surface area contributed by atoms with E-state index in [2.05, 4.69) is 34.9 Å². The fraction of sp³-hybridized carbons (Fsp3) is 0.562. The van der Waals surface area contributed by atoms with Crippen LogP contribution in [0.5, 0.6) is 0 Å². The lowest BCUT2D eigenvalue weighted by Gasteiger charge is -2.41. The maximum absolute atomic E-state index is 12.3. The molecule has 0 atom stereocenters. The summed E-state index contributed by atoms with van der Waals surface area (Å²) < 4.78 is 0. The number of amides is 1. The van der Waals surface area contributed by atoms with Crippen molar-refractivity contribution < 1.29 is 4.79 Å². The van der Waals surface area contributed by atoms with Crippen molar-refractivity contribution in [1.29, 1.82) is 0 Å². The standard InChI is InChI=1S/C16H22N2O/c19-15(13-5-4-6-13)18-16(9-11-17-12-10-16)14-7-2-1-3-8-14/h1-3,7-8,13,17H,4-6,9-12H2,(H,18,19). The minimum atomic E-state index is -0.154. The molecule has 1 aliphatic carbocycles. The van der Waals surface area contributed by atoms with Crippen LogP contribution in [-0.4, -0.2) is 19.0 Å². The van der Waals surface area contributed by atoms with Crippen LogP contribution in [0.25, 0.3) is 0 Å². The first-order chi connectivity index (χ1) is 9.30. The van der Waals surface area contributed by atoms with Crippen LogP contribution >= 0.6 is 0 Å². The van der Waals surface area contributed by atoms with E-state index in [0.717, 1.165) is 38.8 Å². The van der Waals surface area contributed by atoms with Gasteiger partial charge in [-0.05, 0) is 44.3 Å². The highest BCUT2D eigenvalue weighted by Crippen LogP contribution is 2.33. The number of carbonyl (C=O) groups excluding carboxylic acids is 1. The van der Waals surface area contributed by atoms with E-state index in [1.54, 1.807) is 0 Å². The highest BCUT2D eigenvalue weighted by Gasteiger charge is 2.37. The maximum Gasteiger partial charge on any atom is 0.223 e. The molecule has 1 amide bonds. The average Bonchev–Trinajstić information content (AvgIpc) is 2.38. The Kier molecular flexibility index (Phi) is 3.56. The van der Waals surface area contributed by atoms with Crippen LogP contribution in [0.2, 0.25) is 0 Å². The van der Waals surface area contributed by atoms with E-state index >= 15 is 0 Å². The fourth-order valence-electron chi connectivity index (χ4n) is 3.10. The molecule has 3 nitrogen and oxygen atoms in total. The number of rotatable bonds is 3. The average molecular weight is 258 g/mol. The highest BCUT2D eigenvalue weighted by atomic mass is 16.2. The van der Waals surface area contributed by atoms with Gasteiger partial charge in [-0.15, -0.1) is 0 Å². The fourth-order valence-corrected chi connectivity index (χ4v) is 3.10. The van der Waals surface area contributed by atoms with Crippen LogP contribution in [0.4, 0.5) is 0 Å².